The Morgan fingerprint density at radius 1 is 1.39 bits per heavy atom. The summed E-state index contributed by atoms with van der Waals surface area (Å²) >= 11 is 0. The molecule has 2 N–H and O–H groups in total. The van der Waals surface area contributed by atoms with Gasteiger partial charge in [-0.1, -0.05) is 19.1 Å². The summed E-state index contributed by atoms with van der Waals surface area (Å²) in [5.41, 5.74) is 1.24. The summed E-state index contributed by atoms with van der Waals surface area (Å²) in [4.78, 5) is 0. The summed E-state index contributed by atoms with van der Waals surface area (Å²) in [7, 11) is 0. The van der Waals surface area contributed by atoms with Crippen molar-refractivity contribution in [3.05, 3.63) is 29.8 Å². The average Bonchev–Trinajstić information content (AvgIpc) is 2.78. The Morgan fingerprint density at radius 3 is 2.67 bits per heavy atom. The third-order valence-electron chi connectivity index (χ3n) is 3.86. The molecule has 3 atom stereocenters. The van der Waals surface area contributed by atoms with E-state index >= 15 is 0 Å². The first-order chi connectivity index (χ1) is 8.70. The second-order valence-electron chi connectivity index (χ2n) is 5.09. The van der Waals surface area contributed by atoms with Crippen molar-refractivity contribution in [1.29, 1.82) is 0 Å². The van der Waals surface area contributed by atoms with Crippen molar-refractivity contribution in [3.8, 4) is 5.75 Å². The van der Waals surface area contributed by atoms with Crippen LogP contribution >= 0.6 is 0 Å². The highest BCUT2D eigenvalue weighted by Gasteiger charge is 2.24. The summed E-state index contributed by atoms with van der Waals surface area (Å²) in [5.74, 6) is 0.947. The minimum atomic E-state index is 0.325. The Labute approximate surface area is 109 Å². The lowest BCUT2D eigenvalue weighted by molar-refractivity contribution is 0.105. The van der Waals surface area contributed by atoms with E-state index < -0.39 is 0 Å². The van der Waals surface area contributed by atoms with E-state index in [2.05, 4.69) is 19.2 Å². The normalized spacial score (nSPS) is 25.2. The molecule has 0 spiro atoms. The molecular formula is C15H23NO2. The highest BCUT2D eigenvalue weighted by Crippen LogP contribution is 2.23. The third-order valence-corrected chi connectivity index (χ3v) is 3.86. The van der Waals surface area contributed by atoms with Crippen molar-refractivity contribution in [3.63, 3.8) is 0 Å². The van der Waals surface area contributed by atoms with Crippen LogP contribution in [0, 0.1) is 5.92 Å². The van der Waals surface area contributed by atoms with Gasteiger partial charge in [-0.25, -0.2) is 0 Å². The molecule has 1 aromatic rings. The van der Waals surface area contributed by atoms with E-state index in [0.29, 0.717) is 23.8 Å². The van der Waals surface area contributed by atoms with Crippen molar-refractivity contribution < 1.29 is 9.84 Å². The molecule has 0 amide bonds. The van der Waals surface area contributed by atoms with Crippen molar-refractivity contribution >= 4 is 0 Å². The lowest BCUT2D eigenvalue weighted by Gasteiger charge is -2.21. The topological polar surface area (TPSA) is 41.5 Å². The van der Waals surface area contributed by atoms with Crippen molar-refractivity contribution in [1.82, 2.24) is 5.32 Å². The highest BCUT2D eigenvalue weighted by atomic mass is 16.5. The van der Waals surface area contributed by atoms with Gasteiger partial charge in [-0.3, -0.25) is 0 Å². The van der Waals surface area contributed by atoms with Crippen LogP contribution in [0.3, 0.4) is 0 Å². The van der Waals surface area contributed by atoms with E-state index in [9.17, 15) is 5.11 Å². The smallest absolute Gasteiger partial charge is 0.115 e. The molecule has 18 heavy (non-hydrogen) atoms. The number of hydrogen-bond donors (Lipinski definition) is 2. The first kappa shape index (κ1) is 13.4. The second-order valence-corrected chi connectivity index (χ2v) is 5.09. The van der Waals surface area contributed by atoms with E-state index in [1.165, 1.54) is 5.56 Å². The van der Waals surface area contributed by atoms with Gasteiger partial charge >= 0.3 is 0 Å². The van der Waals surface area contributed by atoms with Gasteiger partial charge < -0.3 is 15.2 Å². The van der Waals surface area contributed by atoms with Gasteiger partial charge in [0.1, 0.15) is 5.75 Å². The number of rotatable bonds is 5. The zero-order chi connectivity index (χ0) is 13.0. The highest BCUT2D eigenvalue weighted by molar-refractivity contribution is 5.27. The molecule has 1 aliphatic rings. The monoisotopic (exact) mass is 249 g/mol. The summed E-state index contributed by atoms with van der Waals surface area (Å²) in [6.45, 7) is 6.23. The van der Waals surface area contributed by atoms with Crippen LogP contribution in [0.15, 0.2) is 24.3 Å². The standard InChI is InChI=1S/C15H23NO2/c1-3-15(12-4-6-14(17)7-5-12)16-10-13-8-9-18-11(13)2/h4-7,11,13,15-17H,3,8-10H2,1-2H3. The maximum atomic E-state index is 9.31. The Kier molecular flexibility index (Phi) is 4.61. The molecular weight excluding hydrogens is 226 g/mol. The maximum absolute atomic E-state index is 9.31. The fourth-order valence-corrected chi connectivity index (χ4v) is 2.54. The van der Waals surface area contributed by atoms with Crippen LogP contribution in [0.1, 0.15) is 38.3 Å². The third kappa shape index (κ3) is 3.24. The van der Waals surface area contributed by atoms with Crippen LogP contribution in [-0.4, -0.2) is 24.4 Å². The molecule has 3 unspecified atom stereocenters. The van der Waals surface area contributed by atoms with Crippen molar-refractivity contribution in [2.24, 2.45) is 5.92 Å². The van der Waals surface area contributed by atoms with Gasteiger partial charge in [0, 0.05) is 19.2 Å². The minimum absolute atomic E-state index is 0.325. The largest absolute Gasteiger partial charge is 0.508 e. The Hall–Kier alpha value is -1.06. The summed E-state index contributed by atoms with van der Waals surface area (Å²) in [6.07, 6.45) is 2.57. The number of hydrogen-bond acceptors (Lipinski definition) is 3. The van der Waals surface area contributed by atoms with Gasteiger partial charge in [0.25, 0.3) is 0 Å². The molecule has 1 fully saturated rings. The summed E-state index contributed by atoms with van der Waals surface area (Å²) < 4.78 is 5.58. The van der Waals surface area contributed by atoms with Gasteiger partial charge in [0.15, 0.2) is 0 Å². The molecule has 100 valence electrons. The van der Waals surface area contributed by atoms with Crippen LogP contribution in [0.5, 0.6) is 5.75 Å². The molecule has 0 aliphatic carbocycles. The first-order valence-electron chi connectivity index (χ1n) is 6.84. The van der Waals surface area contributed by atoms with Crippen molar-refractivity contribution in [2.45, 2.75) is 38.8 Å². The Balaban J connectivity index is 1.91. The van der Waals surface area contributed by atoms with Gasteiger partial charge in [-0.15, -0.1) is 0 Å². The molecule has 0 saturated carbocycles. The zero-order valence-corrected chi connectivity index (χ0v) is 11.2. The lowest BCUT2D eigenvalue weighted by Crippen LogP contribution is -2.30. The maximum Gasteiger partial charge on any atom is 0.115 e. The second kappa shape index (κ2) is 6.21. The minimum Gasteiger partial charge on any atom is -0.508 e. The van der Waals surface area contributed by atoms with Crippen molar-refractivity contribution in [2.75, 3.05) is 13.2 Å². The van der Waals surface area contributed by atoms with Gasteiger partial charge in [-0.05, 0) is 43.4 Å². The summed E-state index contributed by atoms with van der Waals surface area (Å²) in [5, 5.41) is 12.9. The number of aromatic hydroxyl groups is 1. The van der Waals surface area contributed by atoms with E-state index in [0.717, 1.165) is 26.0 Å². The predicted molar refractivity (Wildman–Crippen MR) is 72.7 cm³/mol. The SMILES string of the molecule is CCC(NCC1CCOC1C)c1ccc(O)cc1. The lowest BCUT2D eigenvalue weighted by atomic mass is 10.00. The molecule has 0 radical (unpaired) electrons. The summed E-state index contributed by atoms with van der Waals surface area (Å²) in [6, 6.07) is 7.84. The number of nitrogens with one attached hydrogen (secondary N) is 1. The number of ether oxygens (including phenoxy) is 1. The molecule has 1 heterocycles. The van der Waals surface area contributed by atoms with Crippen LogP contribution in [-0.2, 0) is 4.74 Å². The molecule has 1 aromatic carbocycles. The van der Waals surface area contributed by atoms with Crippen LogP contribution in [0.4, 0.5) is 0 Å². The molecule has 3 nitrogen and oxygen atoms in total. The fraction of sp³-hybridized carbons (Fsp3) is 0.600. The van der Waals surface area contributed by atoms with E-state index in [1.807, 2.05) is 12.1 Å². The van der Waals surface area contributed by atoms with E-state index in [1.54, 1.807) is 12.1 Å². The van der Waals surface area contributed by atoms with Gasteiger partial charge in [0.2, 0.25) is 0 Å². The van der Waals surface area contributed by atoms with Gasteiger partial charge in [0.05, 0.1) is 6.10 Å². The zero-order valence-electron chi connectivity index (χ0n) is 11.2. The molecule has 3 heteroatoms. The number of benzene rings is 1. The Bertz CT molecular complexity index is 363. The molecule has 0 aromatic heterocycles. The molecule has 0 bridgehead atoms. The quantitative estimate of drug-likeness (QED) is 0.843. The van der Waals surface area contributed by atoms with E-state index in [-0.39, 0.29) is 0 Å². The fourth-order valence-electron chi connectivity index (χ4n) is 2.54. The van der Waals surface area contributed by atoms with Crippen LogP contribution in [0.25, 0.3) is 0 Å². The first-order valence-corrected chi connectivity index (χ1v) is 6.84. The molecule has 2 rings (SSSR count). The molecule has 1 saturated heterocycles. The average molecular weight is 249 g/mol. The van der Waals surface area contributed by atoms with Crippen LogP contribution < -0.4 is 5.32 Å². The Morgan fingerprint density at radius 2 is 2.11 bits per heavy atom. The number of phenols is 1. The molecule has 1 aliphatic heterocycles. The van der Waals surface area contributed by atoms with Crippen LogP contribution in [0.2, 0.25) is 0 Å². The van der Waals surface area contributed by atoms with Gasteiger partial charge in [-0.2, -0.15) is 0 Å². The number of phenolic OH excluding ortho intramolecular Hbond substituents is 1. The van der Waals surface area contributed by atoms with E-state index in [4.69, 9.17) is 4.74 Å². The predicted octanol–water partition coefficient (Wildman–Crippen LogP) is 2.86.